The molecule has 0 radical (unpaired) electrons. The van der Waals surface area contributed by atoms with Crippen LogP contribution in [-0.2, 0) is 17.6 Å². The number of carbonyl (C=O) groups excluding carboxylic acids is 1. The molecule has 1 saturated heterocycles. The third-order valence-corrected chi connectivity index (χ3v) is 5.96. The topological polar surface area (TPSA) is 36.1 Å². The van der Waals surface area contributed by atoms with E-state index in [9.17, 15) is 4.79 Å². The molecule has 2 atom stereocenters. The molecule has 2 aromatic carbocycles. The highest BCUT2D eigenvalue weighted by Crippen LogP contribution is 2.44. The normalized spacial score (nSPS) is 22.3. The Morgan fingerprint density at radius 1 is 1.12 bits per heavy atom. The molecule has 0 bridgehead atoms. The van der Waals surface area contributed by atoms with E-state index in [1.165, 1.54) is 33.3 Å². The van der Waals surface area contributed by atoms with Crippen molar-refractivity contribution in [2.45, 2.75) is 32.2 Å². The average molecular weight is 330 g/mol. The van der Waals surface area contributed by atoms with E-state index < -0.39 is 0 Å². The summed E-state index contributed by atoms with van der Waals surface area (Å²) in [6.45, 7) is 3.00. The van der Waals surface area contributed by atoms with E-state index in [-0.39, 0.29) is 12.0 Å². The lowest BCUT2D eigenvalue weighted by atomic mass is 9.93. The van der Waals surface area contributed by atoms with Crippen molar-refractivity contribution in [3.63, 3.8) is 0 Å². The van der Waals surface area contributed by atoms with Gasteiger partial charge in [0.05, 0.1) is 6.04 Å². The van der Waals surface area contributed by atoms with Gasteiger partial charge in [0.25, 0.3) is 0 Å². The summed E-state index contributed by atoms with van der Waals surface area (Å²) in [4.78, 5) is 18.7. The van der Waals surface area contributed by atoms with Crippen LogP contribution in [0.25, 0.3) is 10.9 Å². The Labute approximate surface area is 147 Å². The lowest BCUT2D eigenvalue weighted by Crippen LogP contribution is -2.35. The van der Waals surface area contributed by atoms with Gasteiger partial charge in [0.1, 0.15) is 0 Å². The van der Waals surface area contributed by atoms with Crippen molar-refractivity contribution >= 4 is 16.8 Å². The Kier molecular flexibility index (Phi) is 3.24. The molecule has 1 aromatic heterocycles. The summed E-state index contributed by atoms with van der Waals surface area (Å²) >= 11 is 0. The number of aryl methyl sites for hydroxylation is 1. The molecule has 2 aliphatic rings. The first-order valence-corrected chi connectivity index (χ1v) is 9.17. The van der Waals surface area contributed by atoms with Gasteiger partial charge < -0.3 is 9.88 Å². The van der Waals surface area contributed by atoms with E-state index in [1.807, 2.05) is 6.07 Å². The number of nitrogens with zero attached hydrogens (tertiary/aromatic N) is 1. The molecule has 1 N–H and O–H groups in total. The largest absolute Gasteiger partial charge is 0.356 e. The summed E-state index contributed by atoms with van der Waals surface area (Å²) in [5.41, 5.74) is 6.48. The minimum atomic E-state index is 0.103. The molecule has 1 fully saturated rings. The number of fused-ring (bicyclic) bond motifs is 5. The number of benzene rings is 2. The SMILES string of the molecule is Cc1cccc2c3c([nH]c12)[C@@H]1C[C@H](Cc2ccccc2)C(=O)N1CC3. The summed E-state index contributed by atoms with van der Waals surface area (Å²) in [7, 11) is 0. The zero-order valence-electron chi connectivity index (χ0n) is 14.5. The van der Waals surface area contributed by atoms with Crippen LogP contribution in [0.5, 0.6) is 0 Å². The number of H-pyrrole nitrogens is 1. The van der Waals surface area contributed by atoms with E-state index in [0.29, 0.717) is 5.91 Å². The Morgan fingerprint density at radius 2 is 1.96 bits per heavy atom. The first-order valence-electron chi connectivity index (χ1n) is 9.17. The van der Waals surface area contributed by atoms with Crippen LogP contribution in [0.15, 0.2) is 48.5 Å². The third kappa shape index (κ3) is 2.22. The van der Waals surface area contributed by atoms with Crippen molar-refractivity contribution in [3.05, 3.63) is 70.9 Å². The van der Waals surface area contributed by atoms with Crippen LogP contribution in [0.4, 0.5) is 0 Å². The maximum atomic E-state index is 12.9. The van der Waals surface area contributed by atoms with Crippen LogP contribution < -0.4 is 0 Å². The number of rotatable bonds is 2. The van der Waals surface area contributed by atoms with Gasteiger partial charge in [-0.05, 0) is 42.9 Å². The number of hydrogen-bond acceptors (Lipinski definition) is 1. The number of amides is 1. The predicted molar refractivity (Wildman–Crippen MR) is 99.4 cm³/mol. The average Bonchev–Trinajstić information content (AvgIpc) is 3.16. The molecule has 126 valence electrons. The van der Waals surface area contributed by atoms with Crippen molar-refractivity contribution in [1.82, 2.24) is 9.88 Å². The zero-order valence-corrected chi connectivity index (χ0v) is 14.5. The van der Waals surface area contributed by atoms with Gasteiger partial charge in [-0.2, -0.15) is 0 Å². The monoisotopic (exact) mass is 330 g/mol. The molecule has 2 aliphatic heterocycles. The highest BCUT2D eigenvalue weighted by Gasteiger charge is 2.43. The van der Waals surface area contributed by atoms with Gasteiger partial charge in [0.15, 0.2) is 0 Å². The second-order valence-electron chi connectivity index (χ2n) is 7.43. The smallest absolute Gasteiger partial charge is 0.226 e. The predicted octanol–water partition coefficient (Wildman–Crippen LogP) is 4.16. The molecule has 0 spiro atoms. The third-order valence-electron chi connectivity index (χ3n) is 5.96. The minimum Gasteiger partial charge on any atom is -0.356 e. The zero-order chi connectivity index (χ0) is 17.0. The number of carbonyl (C=O) groups is 1. The lowest BCUT2D eigenvalue weighted by molar-refractivity contribution is -0.132. The first-order chi connectivity index (χ1) is 12.2. The van der Waals surface area contributed by atoms with Gasteiger partial charge in [0.2, 0.25) is 5.91 Å². The molecule has 3 heteroatoms. The molecule has 5 rings (SSSR count). The lowest BCUT2D eigenvalue weighted by Gasteiger charge is -2.29. The molecule has 3 aromatic rings. The van der Waals surface area contributed by atoms with Crippen LogP contribution in [0, 0.1) is 12.8 Å². The molecule has 3 heterocycles. The molecular weight excluding hydrogens is 308 g/mol. The summed E-state index contributed by atoms with van der Waals surface area (Å²) in [5, 5.41) is 1.34. The van der Waals surface area contributed by atoms with Gasteiger partial charge in [-0.3, -0.25) is 4.79 Å². The van der Waals surface area contributed by atoms with Crippen molar-refractivity contribution in [2.75, 3.05) is 6.54 Å². The summed E-state index contributed by atoms with van der Waals surface area (Å²) in [6.07, 6.45) is 2.73. The fourth-order valence-electron chi connectivity index (χ4n) is 4.72. The molecular formula is C22H22N2O. The molecule has 0 unspecified atom stereocenters. The molecule has 0 aliphatic carbocycles. The quantitative estimate of drug-likeness (QED) is 0.752. The second kappa shape index (κ2) is 5.48. The number of aromatic nitrogens is 1. The Morgan fingerprint density at radius 3 is 2.80 bits per heavy atom. The number of nitrogens with one attached hydrogen (secondary N) is 1. The molecule has 1 amide bonds. The summed E-state index contributed by atoms with van der Waals surface area (Å²) in [6, 6.07) is 17.1. The standard InChI is InChI=1S/C22H22N2O/c1-14-6-5-9-17-18-10-11-24-19(21(18)23-20(14)17)13-16(22(24)25)12-15-7-3-2-4-8-15/h2-9,16,19,23H,10-13H2,1H3/t16-,19-/m0/s1. The summed E-state index contributed by atoms with van der Waals surface area (Å²) < 4.78 is 0. The van der Waals surface area contributed by atoms with Crippen molar-refractivity contribution in [2.24, 2.45) is 5.92 Å². The molecule has 0 saturated carbocycles. The maximum Gasteiger partial charge on any atom is 0.226 e. The van der Waals surface area contributed by atoms with E-state index in [4.69, 9.17) is 0 Å². The van der Waals surface area contributed by atoms with Crippen LogP contribution in [0.1, 0.15) is 34.8 Å². The fraction of sp³-hybridized carbons (Fsp3) is 0.318. The van der Waals surface area contributed by atoms with Crippen molar-refractivity contribution in [1.29, 1.82) is 0 Å². The van der Waals surface area contributed by atoms with Gasteiger partial charge in [-0.1, -0.05) is 48.5 Å². The van der Waals surface area contributed by atoms with Crippen LogP contribution in [0.3, 0.4) is 0 Å². The first kappa shape index (κ1) is 14.8. The number of aromatic amines is 1. The maximum absolute atomic E-state index is 12.9. The molecule has 25 heavy (non-hydrogen) atoms. The summed E-state index contributed by atoms with van der Waals surface area (Å²) in [5.74, 6) is 0.431. The minimum absolute atomic E-state index is 0.103. The van der Waals surface area contributed by atoms with Crippen LogP contribution in [0.2, 0.25) is 0 Å². The van der Waals surface area contributed by atoms with Crippen molar-refractivity contribution < 1.29 is 4.79 Å². The van der Waals surface area contributed by atoms with E-state index >= 15 is 0 Å². The van der Waals surface area contributed by atoms with E-state index in [2.05, 4.69) is 59.3 Å². The Balaban J connectivity index is 1.51. The van der Waals surface area contributed by atoms with Crippen LogP contribution >= 0.6 is 0 Å². The second-order valence-corrected chi connectivity index (χ2v) is 7.43. The van der Waals surface area contributed by atoms with Gasteiger partial charge in [-0.25, -0.2) is 0 Å². The highest BCUT2D eigenvalue weighted by molar-refractivity contribution is 5.89. The number of para-hydroxylation sites is 1. The molecule has 3 nitrogen and oxygen atoms in total. The Bertz CT molecular complexity index is 957. The van der Waals surface area contributed by atoms with Gasteiger partial charge in [0, 0.05) is 29.1 Å². The fourth-order valence-corrected chi connectivity index (χ4v) is 4.72. The van der Waals surface area contributed by atoms with E-state index in [1.54, 1.807) is 0 Å². The van der Waals surface area contributed by atoms with Crippen molar-refractivity contribution in [3.8, 4) is 0 Å². The Hall–Kier alpha value is -2.55. The van der Waals surface area contributed by atoms with E-state index in [0.717, 1.165) is 25.8 Å². The van der Waals surface area contributed by atoms with Gasteiger partial charge in [-0.15, -0.1) is 0 Å². The highest BCUT2D eigenvalue weighted by atomic mass is 16.2. The van der Waals surface area contributed by atoms with Crippen LogP contribution in [-0.4, -0.2) is 22.3 Å². The van der Waals surface area contributed by atoms with Gasteiger partial charge >= 0.3 is 0 Å². The number of hydrogen-bond donors (Lipinski definition) is 1.